The Kier molecular flexibility index (Phi) is 11.0. The number of aliphatic hydroxyl groups excluding tert-OH is 4. The maximum atomic E-state index is 12.7. The topological polar surface area (TPSA) is 167 Å². The molecule has 0 aromatic carbocycles. The molecule has 1 amide bonds. The molecule has 0 saturated heterocycles. The van der Waals surface area contributed by atoms with Gasteiger partial charge < -0.3 is 34.8 Å². The summed E-state index contributed by atoms with van der Waals surface area (Å²) in [6.45, 7) is 7.88. The predicted molar refractivity (Wildman–Crippen MR) is 162 cm³/mol. The lowest BCUT2D eigenvalue weighted by atomic mass is 9.46. The van der Waals surface area contributed by atoms with Gasteiger partial charge in [0, 0.05) is 19.4 Å². The summed E-state index contributed by atoms with van der Waals surface area (Å²) in [7, 11) is -0.779. The van der Waals surface area contributed by atoms with Gasteiger partial charge in [0.15, 0.2) is 0 Å². The smallest absolute Gasteiger partial charge is 0.220 e. The summed E-state index contributed by atoms with van der Waals surface area (Å²) in [5.74, 6) is 1.41. The molecule has 10 nitrogen and oxygen atoms in total. The second-order valence-corrected chi connectivity index (χ2v) is 17.1. The summed E-state index contributed by atoms with van der Waals surface area (Å²) >= 11 is 0. The molecular weight excluding hydrogens is 572 g/mol. The molecule has 4 rings (SSSR count). The van der Waals surface area contributed by atoms with Crippen LogP contribution in [0.15, 0.2) is 0 Å². The lowest BCUT2D eigenvalue weighted by molar-refractivity contribution is -0.893. The number of quaternary nitrogens is 1. The standard InChI is InChI=1S/C32H57N2O8S/c1-19(7-10-29(39)33-11-6-12-34(4,5)17-23(36)18-43(40,41)42)25-8-9-26-31-24(16-28(38)32(25,26)3)30-20(2)13-22(35)14-21(30)15-27(31)37/h14,19-28,30-31,35-38H,6-13,15-18H2,1-5H3,(H-,33,39,40,41,42)/t19?,20-,21?,22-,23?,24?,25-,26?,27-,28+,30?,31?,32-/m1/s1. The Balaban J connectivity index is 1.26. The van der Waals surface area contributed by atoms with Gasteiger partial charge in [0.2, 0.25) is 5.91 Å². The number of fused-ring (bicyclic) bond motifs is 5. The molecule has 4 saturated carbocycles. The number of hydrogen-bond donors (Lipinski definition) is 5. The van der Waals surface area contributed by atoms with Crippen LogP contribution in [0.4, 0.5) is 0 Å². The van der Waals surface area contributed by atoms with Gasteiger partial charge in [0.25, 0.3) is 0 Å². The molecule has 13 atom stereocenters. The van der Waals surface area contributed by atoms with E-state index in [1.54, 1.807) is 0 Å². The molecule has 43 heavy (non-hydrogen) atoms. The third-order valence-electron chi connectivity index (χ3n) is 12.1. The third-order valence-corrected chi connectivity index (χ3v) is 12.9. The van der Waals surface area contributed by atoms with E-state index in [1.165, 1.54) is 0 Å². The minimum atomic E-state index is -4.48. The zero-order valence-electron chi connectivity index (χ0n) is 26.8. The molecule has 4 aliphatic carbocycles. The quantitative estimate of drug-likeness (QED) is 0.123. The largest absolute Gasteiger partial charge is 0.748 e. The molecule has 0 aliphatic heterocycles. The molecule has 0 aromatic heterocycles. The van der Waals surface area contributed by atoms with Crippen LogP contribution in [0.3, 0.4) is 0 Å². The highest BCUT2D eigenvalue weighted by Gasteiger charge is 2.63. The van der Waals surface area contributed by atoms with Crippen LogP contribution in [0.25, 0.3) is 0 Å². The minimum absolute atomic E-state index is 0.0166. The summed E-state index contributed by atoms with van der Waals surface area (Å²) in [6.07, 6.45) is 5.51. The van der Waals surface area contributed by atoms with E-state index in [0.29, 0.717) is 55.1 Å². The van der Waals surface area contributed by atoms with Crippen molar-refractivity contribution in [2.24, 2.45) is 52.8 Å². The van der Waals surface area contributed by atoms with E-state index in [2.05, 4.69) is 26.1 Å². The van der Waals surface area contributed by atoms with Crippen molar-refractivity contribution in [2.75, 3.05) is 39.5 Å². The van der Waals surface area contributed by atoms with Crippen molar-refractivity contribution in [3.05, 3.63) is 6.42 Å². The molecule has 249 valence electrons. The molecule has 4 fully saturated rings. The van der Waals surface area contributed by atoms with Gasteiger partial charge in [0.1, 0.15) is 12.6 Å². The van der Waals surface area contributed by atoms with E-state index in [-0.39, 0.29) is 53.4 Å². The minimum Gasteiger partial charge on any atom is -0.748 e. The molecule has 5 N–H and O–H groups in total. The van der Waals surface area contributed by atoms with Crippen LogP contribution in [0.2, 0.25) is 0 Å². The van der Waals surface area contributed by atoms with Crippen LogP contribution in [0.5, 0.6) is 0 Å². The number of nitrogens with zero attached hydrogens (tertiary/aromatic N) is 1. The zero-order chi connectivity index (χ0) is 31.9. The molecule has 0 bridgehead atoms. The first-order chi connectivity index (χ1) is 19.9. The summed E-state index contributed by atoms with van der Waals surface area (Å²) in [6, 6.07) is 0. The molecule has 7 unspecified atom stereocenters. The molecule has 1 radical (unpaired) electrons. The van der Waals surface area contributed by atoms with Crippen LogP contribution in [0.1, 0.15) is 72.1 Å². The summed E-state index contributed by atoms with van der Waals surface area (Å²) < 4.78 is 33.0. The SMILES string of the molecule is CC(CCC(=O)NCCC[N+](C)(C)CC(O)CS(=O)(=O)[O-])[C@H]1CCC2C3C(C[C@H](O)[C@@]21C)C1C([CH][C@H](O)C[C@H]1C)C[C@H]3O. The van der Waals surface area contributed by atoms with Gasteiger partial charge in [-0.3, -0.25) is 4.79 Å². The Morgan fingerprint density at radius 3 is 2.51 bits per heavy atom. The maximum absolute atomic E-state index is 12.7. The van der Waals surface area contributed by atoms with Gasteiger partial charge in [-0.05, 0) is 97.7 Å². The maximum Gasteiger partial charge on any atom is 0.220 e. The molecule has 4 aliphatic rings. The van der Waals surface area contributed by atoms with Crippen LogP contribution in [0, 0.1) is 59.2 Å². The fourth-order valence-corrected chi connectivity index (χ4v) is 11.0. The average molecular weight is 630 g/mol. The van der Waals surface area contributed by atoms with Crippen molar-refractivity contribution in [2.45, 2.75) is 96.6 Å². The van der Waals surface area contributed by atoms with Crippen molar-refractivity contribution in [1.82, 2.24) is 5.32 Å². The van der Waals surface area contributed by atoms with Gasteiger partial charge in [-0.25, -0.2) is 8.42 Å². The normalized spacial score (nSPS) is 41.1. The van der Waals surface area contributed by atoms with E-state index in [4.69, 9.17) is 0 Å². The Bertz CT molecular complexity index is 1070. The summed E-state index contributed by atoms with van der Waals surface area (Å²) in [5, 5.41) is 46.4. The summed E-state index contributed by atoms with van der Waals surface area (Å²) in [4.78, 5) is 12.7. The van der Waals surface area contributed by atoms with Crippen molar-refractivity contribution >= 4 is 16.0 Å². The average Bonchev–Trinajstić information content (AvgIpc) is 3.21. The highest BCUT2D eigenvalue weighted by Crippen LogP contribution is 2.66. The number of carbonyl (C=O) groups is 1. The first-order valence-electron chi connectivity index (χ1n) is 16.5. The van der Waals surface area contributed by atoms with Crippen LogP contribution in [-0.4, -0.2) is 108 Å². The Labute approximate surface area is 259 Å². The Morgan fingerprint density at radius 2 is 1.84 bits per heavy atom. The fourth-order valence-electron chi connectivity index (χ4n) is 10.4. The molecule has 0 heterocycles. The fraction of sp³-hybridized carbons (Fsp3) is 0.938. The number of carbonyl (C=O) groups excluding carboxylic acids is 1. The van der Waals surface area contributed by atoms with Gasteiger partial charge in [0.05, 0.1) is 54.8 Å². The monoisotopic (exact) mass is 629 g/mol. The second kappa shape index (κ2) is 13.5. The van der Waals surface area contributed by atoms with Crippen molar-refractivity contribution in [1.29, 1.82) is 0 Å². The van der Waals surface area contributed by atoms with Gasteiger partial charge in [-0.15, -0.1) is 0 Å². The molecular formula is C32H57N2O8S. The van der Waals surface area contributed by atoms with Gasteiger partial charge in [-0.2, -0.15) is 0 Å². The summed E-state index contributed by atoms with van der Waals surface area (Å²) in [5.41, 5.74) is -0.286. The number of nitrogens with one attached hydrogen (secondary N) is 1. The second-order valence-electron chi connectivity index (χ2n) is 15.6. The van der Waals surface area contributed by atoms with Crippen LogP contribution < -0.4 is 5.32 Å². The third kappa shape index (κ3) is 7.95. The van der Waals surface area contributed by atoms with E-state index < -0.39 is 40.3 Å². The highest BCUT2D eigenvalue weighted by molar-refractivity contribution is 7.85. The van der Waals surface area contributed by atoms with E-state index in [0.717, 1.165) is 25.7 Å². The Hall–Kier alpha value is -0.820. The van der Waals surface area contributed by atoms with Gasteiger partial charge in [-0.1, -0.05) is 20.8 Å². The van der Waals surface area contributed by atoms with Crippen molar-refractivity contribution in [3.8, 4) is 0 Å². The van der Waals surface area contributed by atoms with Crippen molar-refractivity contribution < 1.29 is 42.7 Å². The lowest BCUT2D eigenvalue weighted by Gasteiger charge is -2.60. The zero-order valence-corrected chi connectivity index (χ0v) is 27.6. The number of hydrogen-bond acceptors (Lipinski definition) is 8. The van der Waals surface area contributed by atoms with Crippen LogP contribution in [-0.2, 0) is 14.9 Å². The first kappa shape index (κ1) is 35.0. The Morgan fingerprint density at radius 1 is 1.14 bits per heavy atom. The predicted octanol–water partition coefficient (Wildman–Crippen LogP) is 1.52. The van der Waals surface area contributed by atoms with E-state index >= 15 is 0 Å². The highest BCUT2D eigenvalue weighted by atomic mass is 32.2. The number of likely N-dealkylation sites (N-methyl/N-ethyl adjacent to an activating group) is 1. The van der Waals surface area contributed by atoms with E-state index in [1.807, 2.05) is 20.5 Å². The first-order valence-corrected chi connectivity index (χ1v) is 18.1. The lowest BCUT2D eigenvalue weighted by Crippen LogP contribution is -2.60. The van der Waals surface area contributed by atoms with E-state index in [9.17, 15) is 38.2 Å². The van der Waals surface area contributed by atoms with Crippen molar-refractivity contribution in [3.63, 3.8) is 0 Å². The molecule has 11 heteroatoms. The molecule has 0 spiro atoms. The van der Waals surface area contributed by atoms with Gasteiger partial charge >= 0.3 is 0 Å². The number of amides is 1. The number of rotatable bonds is 12. The van der Waals surface area contributed by atoms with Crippen LogP contribution >= 0.6 is 0 Å². The number of aliphatic hydroxyl groups is 4. The molecule has 0 aromatic rings.